The maximum Gasteiger partial charge on any atom is 0.191 e. The fourth-order valence-corrected chi connectivity index (χ4v) is 2.01. The van der Waals surface area contributed by atoms with Crippen LogP contribution in [-0.2, 0) is 6.54 Å². The lowest BCUT2D eigenvalue weighted by molar-refractivity contribution is 0.521. The molecule has 0 aliphatic rings. The zero-order valence-corrected chi connectivity index (χ0v) is 11.5. The standard InChI is InChI=1S/C15H16N4O/c1-10-13(8-17-19-10)7-16-14-5-3-12(4-6-14)15-9-20-11(2)18-15/h3-6,8-9,16H,7H2,1-2H3,(H,17,19). The second kappa shape index (κ2) is 5.21. The molecule has 0 amide bonds. The van der Waals surface area contributed by atoms with Gasteiger partial charge in [-0.2, -0.15) is 5.10 Å². The van der Waals surface area contributed by atoms with E-state index >= 15 is 0 Å². The molecule has 0 unspecified atom stereocenters. The second-order valence-electron chi connectivity index (χ2n) is 4.70. The third kappa shape index (κ3) is 2.56. The molecule has 0 atom stereocenters. The fourth-order valence-electron chi connectivity index (χ4n) is 2.01. The minimum atomic E-state index is 0.678. The minimum absolute atomic E-state index is 0.678. The molecule has 102 valence electrons. The zero-order chi connectivity index (χ0) is 13.9. The van der Waals surface area contributed by atoms with Gasteiger partial charge in [0.1, 0.15) is 12.0 Å². The second-order valence-corrected chi connectivity index (χ2v) is 4.70. The van der Waals surface area contributed by atoms with Crippen LogP contribution in [0.15, 0.2) is 41.1 Å². The molecule has 0 radical (unpaired) electrons. The summed E-state index contributed by atoms with van der Waals surface area (Å²) in [6.45, 7) is 4.61. The Balaban J connectivity index is 1.69. The summed E-state index contributed by atoms with van der Waals surface area (Å²) in [5, 5.41) is 10.3. The Bertz CT molecular complexity index is 697. The minimum Gasteiger partial charge on any atom is -0.449 e. The number of hydrogen-bond donors (Lipinski definition) is 2. The van der Waals surface area contributed by atoms with Crippen molar-refractivity contribution in [3.8, 4) is 11.3 Å². The number of benzene rings is 1. The van der Waals surface area contributed by atoms with Crippen molar-refractivity contribution >= 4 is 5.69 Å². The van der Waals surface area contributed by atoms with Crippen LogP contribution in [0.25, 0.3) is 11.3 Å². The highest BCUT2D eigenvalue weighted by molar-refractivity contribution is 5.61. The number of oxazole rings is 1. The maximum atomic E-state index is 5.22. The molecule has 0 saturated heterocycles. The lowest BCUT2D eigenvalue weighted by Gasteiger charge is -2.06. The topological polar surface area (TPSA) is 66.7 Å². The van der Waals surface area contributed by atoms with Crippen LogP contribution in [0, 0.1) is 13.8 Å². The SMILES string of the molecule is Cc1nc(-c2ccc(NCc3cn[nH]c3C)cc2)co1. The van der Waals surface area contributed by atoms with Gasteiger partial charge in [-0.3, -0.25) is 5.10 Å². The molecule has 20 heavy (non-hydrogen) atoms. The number of nitrogens with zero attached hydrogens (tertiary/aromatic N) is 2. The molecule has 0 aliphatic heterocycles. The summed E-state index contributed by atoms with van der Waals surface area (Å²) in [5.74, 6) is 0.678. The quantitative estimate of drug-likeness (QED) is 0.762. The van der Waals surface area contributed by atoms with Gasteiger partial charge in [0.25, 0.3) is 0 Å². The summed E-state index contributed by atoms with van der Waals surface area (Å²) in [4.78, 5) is 4.31. The van der Waals surface area contributed by atoms with Gasteiger partial charge in [0.15, 0.2) is 5.89 Å². The van der Waals surface area contributed by atoms with E-state index in [4.69, 9.17) is 4.42 Å². The van der Waals surface area contributed by atoms with E-state index in [0.717, 1.165) is 29.2 Å². The molecule has 2 heterocycles. The van der Waals surface area contributed by atoms with Crippen molar-refractivity contribution in [3.63, 3.8) is 0 Å². The smallest absolute Gasteiger partial charge is 0.191 e. The highest BCUT2D eigenvalue weighted by atomic mass is 16.3. The van der Waals surface area contributed by atoms with Crippen molar-refractivity contribution < 1.29 is 4.42 Å². The van der Waals surface area contributed by atoms with Crippen molar-refractivity contribution in [2.45, 2.75) is 20.4 Å². The number of hydrogen-bond acceptors (Lipinski definition) is 4. The summed E-state index contributed by atoms with van der Waals surface area (Å²) in [7, 11) is 0. The van der Waals surface area contributed by atoms with Gasteiger partial charge >= 0.3 is 0 Å². The van der Waals surface area contributed by atoms with Crippen LogP contribution >= 0.6 is 0 Å². The summed E-state index contributed by atoms with van der Waals surface area (Å²) in [6, 6.07) is 8.13. The van der Waals surface area contributed by atoms with E-state index in [1.807, 2.05) is 44.3 Å². The molecular formula is C15H16N4O. The van der Waals surface area contributed by atoms with Crippen LogP contribution in [0.5, 0.6) is 0 Å². The molecule has 1 aromatic carbocycles. The Morgan fingerprint density at radius 1 is 1.20 bits per heavy atom. The highest BCUT2D eigenvalue weighted by Crippen LogP contribution is 2.21. The first-order valence-corrected chi connectivity index (χ1v) is 6.47. The molecule has 0 spiro atoms. The first kappa shape index (κ1) is 12.5. The van der Waals surface area contributed by atoms with E-state index in [1.165, 1.54) is 5.56 Å². The number of aromatic amines is 1. The zero-order valence-electron chi connectivity index (χ0n) is 11.5. The predicted octanol–water partition coefficient (Wildman–Crippen LogP) is 3.29. The van der Waals surface area contributed by atoms with Gasteiger partial charge in [0, 0.05) is 36.0 Å². The normalized spacial score (nSPS) is 10.7. The number of H-pyrrole nitrogens is 1. The van der Waals surface area contributed by atoms with Crippen molar-refractivity contribution in [3.05, 3.63) is 53.9 Å². The lowest BCUT2D eigenvalue weighted by Crippen LogP contribution is -1.99. The van der Waals surface area contributed by atoms with Crippen LogP contribution < -0.4 is 5.32 Å². The van der Waals surface area contributed by atoms with E-state index in [0.29, 0.717) is 5.89 Å². The Morgan fingerprint density at radius 2 is 2.00 bits per heavy atom. The van der Waals surface area contributed by atoms with Crippen molar-refractivity contribution in [1.29, 1.82) is 0 Å². The molecule has 2 aromatic heterocycles. The van der Waals surface area contributed by atoms with E-state index in [1.54, 1.807) is 6.26 Å². The Hall–Kier alpha value is -2.56. The number of anilines is 1. The Kier molecular flexibility index (Phi) is 3.25. The number of aryl methyl sites for hydroxylation is 2. The molecular weight excluding hydrogens is 252 g/mol. The third-order valence-electron chi connectivity index (χ3n) is 3.22. The van der Waals surface area contributed by atoms with E-state index < -0.39 is 0 Å². The van der Waals surface area contributed by atoms with Gasteiger partial charge in [0.05, 0.1) is 6.20 Å². The molecule has 0 saturated carbocycles. The van der Waals surface area contributed by atoms with Crippen LogP contribution in [0.2, 0.25) is 0 Å². The number of aromatic nitrogens is 3. The molecule has 5 heteroatoms. The molecule has 0 aliphatic carbocycles. The van der Waals surface area contributed by atoms with Gasteiger partial charge in [-0.25, -0.2) is 4.98 Å². The van der Waals surface area contributed by atoms with Gasteiger partial charge in [-0.15, -0.1) is 0 Å². The van der Waals surface area contributed by atoms with Gasteiger partial charge in [0.2, 0.25) is 0 Å². The third-order valence-corrected chi connectivity index (χ3v) is 3.22. The Labute approximate surface area is 117 Å². The first-order valence-electron chi connectivity index (χ1n) is 6.47. The Morgan fingerprint density at radius 3 is 2.60 bits per heavy atom. The van der Waals surface area contributed by atoms with Gasteiger partial charge < -0.3 is 9.73 Å². The number of nitrogens with one attached hydrogen (secondary N) is 2. The van der Waals surface area contributed by atoms with Crippen molar-refractivity contribution in [1.82, 2.24) is 15.2 Å². The molecule has 3 aromatic rings. The van der Waals surface area contributed by atoms with E-state index in [-0.39, 0.29) is 0 Å². The predicted molar refractivity (Wildman–Crippen MR) is 77.3 cm³/mol. The van der Waals surface area contributed by atoms with Crippen LogP contribution in [-0.4, -0.2) is 15.2 Å². The fraction of sp³-hybridized carbons (Fsp3) is 0.200. The monoisotopic (exact) mass is 268 g/mol. The van der Waals surface area contributed by atoms with Crippen LogP contribution in [0.1, 0.15) is 17.1 Å². The van der Waals surface area contributed by atoms with Gasteiger partial charge in [-0.1, -0.05) is 12.1 Å². The van der Waals surface area contributed by atoms with Crippen molar-refractivity contribution in [2.75, 3.05) is 5.32 Å². The summed E-state index contributed by atoms with van der Waals surface area (Å²) in [5.41, 5.74) is 5.23. The average molecular weight is 268 g/mol. The molecule has 2 N–H and O–H groups in total. The first-order chi connectivity index (χ1) is 9.72. The molecule has 0 bridgehead atoms. The highest BCUT2D eigenvalue weighted by Gasteiger charge is 2.04. The lowest BCUT2D eigenvalue weighted by atomic mass is 10.1. The summed E-state index contributed by atoms with van der Waals surface area (Å²) in [6.07, 6.45) is 3.52. The summed E-state index contributed by atoms with van der Waals surface area (Å²) < 4.78 is 5.22. The molecule has 0 fully saturated rings. The van der Waals surface area contributed by atoms with Crippen molar-refractivity contribution in [2.24, 2.45) is 0 Å². The largest absolute Gasteiger partial charge is 0.449 e. The summed E-state index contributed by atoms with van der Waals surface area (Å²) >= 11 is 0. The van der Waals surface area contributed by atoms with E-state index in [2.05, 4.69) is 20.5 Å². The molecule has 3 rings (SSSR count). The van der Waals surface area contributed by atoms with E-state index in [9.17, 15) is 0 Å². The average Bonchev–Trinajstić information content (AvgIpc) is 3.06. The number of rotatable bonds is 4. The van der Waals surface area contributed by atoms with Gasteiger partial charge in [-0.05, 0) is 19.1 Å². The molecule has 5 nitrogen and oxygen atoms in total. The van der Waals surface area contributed by atoms with Crippen LogP contribution in [0.4, 0.5) is 5.69 Å². The van der Waals surface area contributed by atoms with Crippen LogP contribution in [0.3, 0.4) is 0 Å². The maximum absolute atomic E-state index is 5.22.